The van der Waals surface area contributed by atoms with Gasteiger partial charge in [-0.15, -0.1) is 10.2 Å². The van der Waals surface area contributed by atoms with Crippen LogP contribution in [-0.4, -0.2) is 37.2 Å². The zero-order chi connectivity index (χ0) is 23.3. The number of amidine groups is 2. The number of halogens is 2. The zero-order valence-corrected chi connectivity index (χ0v) is 20.2. The number of carbonyl (C=O) groups is 2. The molecule has 0 N–H and O–H groups in total. The Balaban J connectivity index is 2.39. The van der Waals surface area contributed by atoms with Gasteiger partial charge in [-0.25, -0.2) is 9.59 Å². The van der Waals surface area contributed by atoms with E-state index in [1.54, 1.807) is 62.4 Å². The fourth-order valence-electron chi connectivity index (χ4n) is 2.00. The topological polar surface area (TPSA) is 121 Å². The van der Waals surface area contributed by atoms with Crippen molar-refractivity contribution in [3.8, 4) is 0 Å². The van der Waals surface area contributed by atoms with Crippen LogP contribution in [0.3, 0.4) is 0 Å². The Morgan fingerprint density at radius 1 is 0.688 bits per heavy atom. The van der Waals surface area contributed by atoms with Gasteiger partial charge in [0.05, 0.1) is 13.2 Å². The van der Waals surface area contributed by atoms with Crippen molar-refractivity contribution in [2.24, 2.45) is 20.5 Å². The lowest BCUT2D eigenvalue weighted by Crippen LogP contribution is -2.08. The first-order valence-corrected chi connectivity index (χ1v) is 10.8. The Morgan fingerprint density at radius 2 is 1.03 bits per heavy atom. The highest BCUT2D eigenvalue weighted by Gasteiger charge is 2.11. The monoisotopic (exact) mass is 568 g/mol. The number of oxime groups is 2. The van der Waals surface area contributed by atoms with Gasteiger partial charge in [-0.05, 0) is 72.7 Å². The fraction of sp³-hybridized carbons (Fsp3) is 0.200. The summed E-state index contributed by atoms with van der Waals surface area (Å²) in [6, 6.07) is 13.7. The largest absolute Gasteiger partial charge is 0.535 e. The SMILES string of the molecule is CCOC(=O)ON=C(N=NC(=NOC(=O)OCC)c1ccc(Br)cc1)c1ccc(Br)cc1. The van der Waals surface area contributed by atoms with Crippen LogP contribution in [0.4, 0.5) is 9.59 Å². The maximum absolute atomic E-state index is 11.5. The highest BCUT2D eigenvalue weighted by Crippen LogP contribution is 2.15. The van der Waals surface area contributed by atoms with E-state index in [0.717, 1.165) is 8.95 Å². The molecule has 12 heteroatoms. The number of hydrogen-bond donors (Lipinski definition) is 0. The van der Waals surface area contributed by atoms with Crippen LogP contribution in [0.5, 0.6) is 0 Å². The van der Waals surface area contributed by atoms with Gasteiger partial charge in [-0.3, -0.25) is 9.68 Å². The summed E-state index contributed by atoms with van der Waals surface area (Å²) >= 11 is 6.68. The van der Waals surface area contributed by atoms with Gasteiger partial charge in [0.1, 0.15) is 0 Å². The van der Waals surface area contributed by atoms with Crippen molar-refractivity contribution in [2.75, 3.05) is 13.2 Å². The van der Waals surface area contributed by atoms with E-state index in [1.807, 2.05) is 0 Å². The van der Waals surface area contributed by atoms with Gasteiger partial charge in [0.15, 0.2) is 0 Å². The van der Waals surface area contributed by atoms with Gasteiger partial charge < -0.3 is 9.47 Å². The van der Waals surface area contributed by atoms with Crippen LogP contribution in [0.15, 0.2) is 78.0 Å². The van der Waals surface area contributed by atoms with E-state index in [0.29, 0.717) is 11.1 Å². The number of azo groups is 1. The third-order valence-corrected chi connectivity index (χ3v) is 4.44. The van der Waals surface area contributed by atoms with Crippen molar-refractivity contribution in [3.63, 3.8) is 0 Å². The van der Waals surface area contributed by atoms with Crippen LogP contribution in [0.25, 0.3) is 0 Å². The van der Waals surface area contributed by atoms with Gasteiger partial charge in [0.2, 0.25) is 11.7 Å². The molecule has 0 saturated heterocycles. The van der Waals surface area contributed by atoms with E-state index in [4.69, 9.17) is 19.1 Å². The summed E-state index contributed by atoms with van der Waals surface area (Å²) in [6.45, 7) is 3.50. The first-order chi connectivity index (χ1) is 15.4. The minimum Gasteiger partial charge on any atom is -0.433 e. The van der Waals surface area contributed by atoms with E-state index in [1.165, 1.54) is 0 Å². The standard InChI is InChI=1S/C20H18Br2N4O6/c1-3-29-19(27)31-25-17(13-5-9-15(21)10-6-13)23-24-18(26-32-20(28)30-4-2)14-7-11-16(22)12-8-14/h5-12H,3-4H2,1-2H3. The number of benzene rings is 2. The van der Waals surface area contributed by atoms with Crippen LogP contribution < -0.4 is 0 Å². The van der Waals surface area contributed by atoms with Crippen molar-refractivity contribution >= 4 is 55.8 Å². The normalized spacial score (nSPS) is 11.9. The Labute approximate surface area is 200 Å². The molecule has 0 bridgehead atoms. The minimum atomic E-state index is -0.996. The van der Waals surface area contributed by atoms with Gasteiger partial charge in [-0.1, -0.05) is 31.9 Å². The molecule has 2 aromatic rings. The average Bonchev–Trinajstić information content (AvgIpc) is 2.77. The average molecular weight is 570 g/mol. The summed E-state index contributed by atoms with van der Waals surface area (Å²) in [5.41, 5.74) is 0.977. The third-order valence-electron chi connectivity index (χ3n) is 3.38. The minimum absolute atomic E-state index is 0.0495. The van der Waals surface area contributed by atoms with Gasteiger partial charge >= 0.3 is 12.3 Å². The van der Waals surface area contributed by atoms with Crippen LogP contribution in [0, 0.1) is 0 Å². The number of hydrogen-bond acceptors (Lipinski definition) is 8. The Morgan fingerprint density at radius 3 is 1.34 bits per heavy atom. The highest BCUT2D eigenvalue weighted by molar-refractivity contribution is 9.10. The van der Waals surface area contributed by atoms with E-state index in [2.05, 4.69) is 52.4 Å². The van der Waals surface area contributed by atoms with Crippen molar-refractivity contribution in [1.82, 2.24) is 0 Å². The first kappa shape index (κ1) is 25.1. The summed E-state index contributed by atoms with van der Waals surface area (Å²) in [4.78, 5) is 32.5. The Kier molecular flexibility index (Phi) is 10.5. The summed E-state index contributed by atoms with van der Waals surface area (Å²) in [5, 5.41) is 15.5. The second-order valence-corrected chi connectivity index (χ2v) is 7.42. The maximum atomic E-state index is 11.5. The molecule has 0 aliphatic carbocycles. The van der Waals surface area contributed by atoms with Gasteiger partial charge in [0, 0.05) is 20.1 Å². The number of carbonyl (C=O) groups excluding carboxylic acids is 2. The van der Waals surface area contributed by atoms with Crippen molar-refractivity contribution in [2.45, 2.75) is 13.8 Å². The lowest BCUT2D eigenvalue weighted by atomic mass is 10.2. The predicted molar refractivity (Wildman–Crippen MR) is 122 cm³/mol. The fourth-order valence-corrected chi connectivity index (χ4v) is 2.53. The summed E-state index contributed by atoms with van der Waals surface area (Å²) in [7, 11) is 0. The molecule has 0 atom stereocenters. The molecule has 0 heterocycles. The lowest BCUT2D eigenvalue weighted by Gasteiger charge is -2.03. The molecule has 2 rings (SSSR count). The van der Waals surface area contributed by atoms with Crippen molar-refractivity contribution in [1.29, 1.82) is 0 Å². The molecule has 0 fully saturated rings. The molecule has 0 saturated carbocycles. The molecule has 0 spiro atoms. The first-order valence-electron chi connectivity index (χ1n) is 9.20. The second kappa shape index (κ2) is 13.3. The third kappa shape index (κ3) is 8.55. The van der Waals surface area contributed by atoms with Crippen molar-refractivity contribution in [3.05, 3.63) is 68.6 Å². The molecule has 0 radical (unpaired) electrons. The van der Waals surface area contributed by atoms with Gasteiger partial charge in [-0.2, -0.15) is 0 Å². The summed E-state index contributed by atoms with van der Waals surface area (Å²) < 4.78 is 11.0. The lowest BCUT2D eigenvalue weighted by molar-refractivity contribution is 0.0601. The number of rotatable bonds is 6. The molecule has 168 valence electrons. The molecular weight excluding hydrogens is 552 g/mol. The highest BCUT2D eigenvalue weighted by atomic mass is 79.9. The number of ether oxygens (including phenoxy) is 2. The molecule has 0 unspecified atom stereocenters. The summed E-state index contributed by atoms with van der Waals surface area (Å²) in [6.07, 6.45) is -1.99. The molecule has 0 aliphatic rings. The zero-order valence-electron chi connectivity index (χ0n) is 17.0. The number of nitrogens with zero attached hydrogens (tertiary/aromatic N) is 4. The van der Waals surface area contributed by atoms with Crippen LogP contribution in [-0.2, 0) is 19.1 Å². The van der Waals surface area contributed by atoms with E-state index >= 15 is 0 Å². The van der Waals surface area contributed by atoms with Crippen LogP contribution in [0.2, 0.25) is 0 Å². The molecule has 0 amide bonds. The molecular formula is C20H18Br2N4O6. The smallest absolute Gasteiger partial charge is 0.433 e. The van der Waals surface area contributed by atoms with Crippen LogP contribution in [0.1, 0.15) is 25.0 Å². The van der Waals surface area contributed by atoms with Crippen LogP contribution >= 0.6 is 31.9 Å². The maximum Gasteiger partial charge on any atom is 0.535 e. The van der Waals surface area contributed by atoms with Gasteiger partial charge in [0.25, 0.3) is 0 Å². The quantitative estimate of drug-likeness (QED) is 0.104. The second-order valence-electron chi connectivity index (χ2n) is 5.59. The molecule has 0 aromatic heterocycles. The van der Waals surface area contributed by atoms with Crippen molar-refractivity contribution < 1.29 is 28.7 Å². The predicted octanol–water partition coefficient (Wildman–Crippen LogP) is 6.03. The Hall–Kier alpha value is -3.12. The molecule has 32 heavy (non-hydrogen) atoms. The van der Waals surface area contributed by atoms with E-state index in [9.17, 15) is 9.59 Å². The molecule has 0 aliphatic heterocycles. The Bertz CT molecular complexity index is 926. The van der Waals surface area contributed by atoms with E-state index < -0.39 is 12.3 Å². The van der Waals surface area contributed by atoms with E-state index in [-0.39, 0.29) is 24.9 Å². The summed E-state index contributed by atoms with van der Waals surface area (Å²) in [5.74, 6) is -0.0991. The molecule has 2 aromatic carbocycles. The molecule has 10 nitrogen and oxygen atoms in total.